The van der Waals surface area contributed by atoms with Gasteiger partial charge >= 0.3 is 5.97 Å². The van der Waals surface area contributed by atoms with Gasteiger partial charge in [-0.1, -0.05) is 25.5 Å². The van der Waals surface area contributed by atoms with Crippen LogP contribution in [-0.2, 0) is 9.53 Å². The van der Waals surface area contributed by atoms with Crippen LogP contribution < -0.4 is 5.32 Å². The second-order valence-corrected chi connectivity index (χ2v) is 4.88. The molecule has 0 heterocycles. The number of nitrogens with zero attached hydrogens (tertiary/aromatic N) is 1. The number of rotatable bonds is 8. The van der Waals surface area contributed by atoms with Crippen LogP contribution in [0.3, 0.4) is 0 Å². The average molecular weight is 292 g/mol. The lowest BCUT2D eigenvalue weighted by atomic mass is 10.1. The van der Waals surface area contributed by atoms with Gasteiger partial charge in [-0.2, -0.15) is 0 Å². The van der Waals surface area contributed by atoms with Crippen molar-refractivity contribution in [2.24, 2.45) is 0 Å². The molecule has 1 amide bonds. The molecule has 0 aromatic heterocycles. The quantitative estimate of drug-likeness (QED) is 0.748. The van der Waals surface area contributed by atoms with Crippen molar-refractivity contribution in [3.05, 3.63) is 29.8 Å². The Kier molecular flexibility index (Phi) is 7.29. The maximum Gasteiger partial charge on any atom is 0.339 e. The molecule has 0 radical (unpaired) electrons. The number of esters is 1. The van der Waals surface area contributed by atoms with Gasteiger partial charge in [0.05, 0.1) is 12.7 Å². The van der Waals surface area contributed by atoms with Gasteiger partial charge in [0.1, 0.15) is 0 Å². The first kappa shape index (κ1) is 17.0. The number of benzene rings is 1. The van der Waals surface area contributed by atoms with Gasteiger partial charge in [0.2, 0.25) is 5.91 Å². The highest BCUT2D eigenvalue weighted by Crippen LogP contribution is 2.15. The van der Waals surface area contributed by atoms with E-state index in [1.165, 1.54) is 7.11 Å². The Morgan fingerprint density at radius 1 is 1.29 bits per heavy atom. The highest BCUT2D eigenvalue weighted by molar-refractivity contribution is 5.95. The molecule has 0 saturated heterocycles. The minimum Gasteiger partial charge on any atom is -0.465 e. The second-order valence-electron chi connectivity index (χ2n) is 4.88. The topological polar surface area (TPSA) is 58.6 Å². The predicted molar refractivity (Wildman–Crippen MR) is 83.4 cm³/mol. The molecule has 0 aliphatic carbocycles. The number of amides is 1. The molecule has 116 valence electrons. The van der Waals surface area contributed by atoms with Gasteiger partial charge in [-0.15, -0.1) is 0 Å². The number of anilines is 1. The summed E-state index contributed by atoms with van der Waals surface area (Å²) in [6, 6.07) is 7.12. The summed E-state index contributed by atoms with van der Waals surface area (Å²) >= 11 is 0. The fourth-order valence-corrected chi connectivity index (χ4v) is 1.94. The number of ether oxygens (including phenoxy) is 1. The smallest absolute Gasteiger partial charge is 0.339 e. The Bertz CT molecular complexity index is 474. The minimum atomic E-state index is -0.385. The molecule has 5 heteroatoms. The summed E-state index contributed by atoms with van der Waals surface area (Å²) in [5.74, 6) is -0.281. The van der Waals surface area contributed by atoms with Crippen molar-refractivity contribution in [1.29, 1.82) is 0 Å². The molecule has 1 aromatic carbocycles. The van der Waals surface area contributed by atoms with Crippen LogP contribution in [-0.4, -0.2) is 44.0 Å². The van der Waals surface area contributed by atoms with Gasteiger partial charge in [-0.05, 0) is 18.6 Å². The van der Waals surface area contributed by atoms with Crippen molar-refractivity contribution in [3.63, 3.8) is 0 Å². The van der Waals surface area contributed by atoms with Crippen molar-refractivity contribution in [2.75, 3.05) is 32.6 Å². The SMILES string of the molecule is CCCCN(C)C(=O)CCNc1ccccc1C(=O)OC. The zero-order chi connectivity index (χ0) is 15.7. The number of hydrogen-bond donors (Lipinski definition) is 1. The number of carbonyl (C=O) groups is 2. The van der Waals surface area contributed by atoms with Crippen LogP contribution in [0.5, 0.6) is 0 Å². The van der Waals surface area contributed by atoms with E-state index in [0.717, 1.165) is 19.4 Å². The largest absolute Gasteiger partial charge is 0.465 e. The van der Waals surface area contributed by atoms with Crippen LogP contribution in [0.2, 0.25) is 0 Å². The summed E-state index contributed by atoms with van der Waals surface area (Å²) < 4.78 is 4.73. The van der Waals surface area contributed by atoms with Gasteiger partial charge in [0.15, 0.2) is 0 Å². The Balaban J connectivity index is 2.49. The fourth-order valence-electron chi connectivity index (χ4n) is 1.94. The molecule has 5 nitrogen and oxygen atoms in total. The Labute approximate surface area is 126 Å². The summed E-state index contributed by atoms with van der Waals surface area (Å²) in [5.41, 5.74) is 1.17. The first-order chi connectivity index (χ1) is 10.1. The van der Waals surface area contributed by atoms with E-state index in [1.54, 1.807) is 23.1 Å². The van der Waals surface area contributed by atoms with E-state index < -0.39 is 0 Å². The molecule has 0 spiro atoms. The molecule has 1 aromatic rings. The zero-order valence-corrected chi connectivity index (χ0v) is 13.0. The van der Waals surface area contributed by atoms with Gasteiger partial charge in [-0.3, -0.25) is 4.79 Å². The molecular formula is C16H24N2O3. The van der Waals surface area contributed by atoms with E-state index in [1.807, 2.05) is 13.1 Å². The van der Waals surface area contributed by atoms with Gasteiger partial charge in [0, 0.05) is 32.2 Å². The van der Waals surface area contributed by atoms with Crippen molar-refractivity contribution < 1.29 is 14.3 Å². The van der Waals surface area contributed by atoms with Crippen LogP contribution in [0.15, 0.2) is 24.3 Å². The van der Waals surface area contributed by atoms with Crippen LogP contribution in [0.1, 0.15) is 36.5 Å². The third-order valence-corrected chi connectivity index (χ3v) is 3.26. The fraction of sp³-hybridized carbons (Fsp3) is 0.500. The lowest BCUT2D eigenvalue weighted by molar-refractivity contribution is -0.129. The number of carbonyl (C=O) groups excluding carboxylic acids is 2. The van der Waals surface area contributed by atoms with Gasteiger partial charge in [-0.25, -0.2) is 4.79 Å². The zero-order valence-electron chi connectivity index (χ0n) is 13.0. The molecule has 0 fully saturated rings. The lowest BCUT2D eigenvalue weighted by Gasteiger charge is -2.17. The van der Waals surface area contributed by atoms with E-state index in [9.17, 15) is 9.59 Å². The molecule has 21 heavy (non-hydrogen) atoms. The Hall–Kier alpha value is -2.04. The van der Waals surface area contributed by atoms with Crippen LogP contribution in [0, 0.1) is 0 Å². The highest BCUT2D eigenvalue weighted by Gasteiger charge is 2.12. The maximum atomic E-state index is 11.9. The average Bonchev–Trinajstić information content (AvgIpc) is 2.52. The maximum absolute atomic E-state index is 11.9. The van der Waals surface area contributed by atoms with E-state index in [2.05, 4.69) is 12.2 Å². The summed E-state index contributed by atoms with van der Waals surface area (Å²) in [5, 5.41) is 3.12. The standard InChI is InChI=1S/C16H24N2O3/c1-4-5-12-18(2)15(19)10-11-17-14-9-7-6-8-13(14)16(20)21-3/h6-9,17H,4-5,10-12H2,1-3H3. The first-order valence-electron chi connectivity index (χ1n) is 7.25. The first-order valence-corrected chi connectivity index (χ1v) is 7.25. The molecule has 0 unspecified atom stereocenters. The normalized spacial score (nSPS) is 10.0. The monoisotopic (exact) mass is 292 g/mol. The van der Waals surface area contributed by atoms with Crippen molar-refractivity contribution >= 4 is 17.6 Å². The third-order valence-electron chi connectivity index (χ3n) is 3.26. The molecule has 1 N–H and O–H groups in total. The molecule has 1 rings (SSSR count). The summed E-state index contributed by atoms with van der Waals surface area (Å²) in [4.78, 5) is 25.3. The number of para-hydroxylation sites is 1. The highest BCUT2D eigenvalue weighted by atomic mass is 16.5. The number of unbranched alkanes of at least 4 members (excludes halogenated alkanes) is 1. The van der Waals surface area contributed by atoms with Crippen molar-refractivity contribution in [3.8, 4) is 0 Å². The van der Waals surface area contributed by atoms with E-state index >= 15 is 0 Å². The van der Waals surface area contributed by atoms with Crippen LogP contribution in [0.25, 0.3) is 0 Å². The molecule has 0 bridgehead atoms. The van der Waals surface area contributed by atoms with Crippen LogP contribution in [0.4, 0.5) is 5.69 Å². The van der Waals surface area contributed by atoms with E-state index in [0.29, 0.717) is 24.2 Å². The predicted octanol–water partition coefficient (Wildman–Crippen LogP) is 2.53. The molecule has 0 atom stereocenters. The Morgan fingerprint density at radius 2 is 2.00 bits per heavy atom. The molecule has 0 aliphatic heterocycles. The van der Waals surface area contributed by atoms with Crippen LogP contribution >= 0.6 is 0 Å². The summed E-state index contributed by atoms with van der Waals surface area (Å²) in [6.45, 7) is 3.38. The van der Waals surface area contributed by atoms with Crippen molar-refractivity contribution in [2.45, 2.75) is 26.2 Å². The molecule has 0 aliphatic rings. The summed E-state index contributed by atoms with van der Waals surface area (Å²) in [7, 11) is 3.17. The number of nitrogens with one attached hydrogen (secondary N) is 1. The van der Waals surface area contributed by atoms with E-state index in [-0.39, 0.29) is 11.9 Å². The van der Waals surface area contributed by atoms with Gasteiger partial charge in [0.25, 0.3) is 0 Å². The number of hydrogen-bond acceptors (Lipinski definition) is 4. The molecule has 0 saturated carbocycles. The minimum absolute atomic E-state index is 0.103. The third kappa shape index (κ3) is 5.45. The van der Waals surface area contributed by atoms with Crippen molar-refractivity contribution in [1.82, 2.24) is 4.90 Å². The second kappa shape index (κ2) is 9.00. The Morgan fingerprint density at radius 3 is 2.67 bits per heavy atom. The number of methoxy groups -OCH3 is 1. The lowest BCUT2D eigenvalue weighted by Crippen LogP contribution is -2.29. The van der Waals surface area contributed by atoms with E-state index in [4.69, 9.17) is 4.74 Å². The van der Waals surface area contributed by atoms with Gasteiger partial charge < -0.3 is 15.0 Å². The summed E-state index contributed by atoms with van der Waals surface area (Å²) in [6.07, 6.45) is 2.49. The molecular weight excluding hydrogens is 268 g/mol.